The zero-order valence-corrected chi connectivity index (χ0v) is 15.4. The molecule has 2 heterocycles. The molecule has 0 saturated heterocycles. The van der Waals surface area contributed by atoms with Gasteiger partial charge in [-0.1, -0.05) is 19.1 Å². The van der Waals surface area contributed by atoms with E-state index in [9.17, 15) is 19.3 Å². The number of carbonyl (C=O) groups excluding carboxylic acids is 1. The third kappa shape index (κ3) is 4.22. The fraction of sp³-hybridized carbons (Fsp3) is 0.278. The topological polar surface area (TPSA) is 108 Å². The lowest BCUT2D eigenvalue weighted by atomic mass is 10.2. The van der Waals surface area contributed by atoms with Crippen molar-refractivity contribution in [2.75, 3.05) is 5.32 Å². The van der Waals surface area contributed by atoms with E-state index in [1.807, 2.05) is 0 Å². The molecule has 0 aliphatic rings. The second-order valence-corrected chi connectivity index (χ2v) is 6.29. The number of aromatic nitrogens is 4. The normalized spacial score (nSPS) is 12.0. The van der Waals surface area contributed by atoms with Crippen LogP contribution in [-0.2, 0) is 11.3 Å². The first-order chi connectivity index (χ1) is 13.4. The minimum Gasteiger partial charge on any atom is -0.358 e. The summed E-state index contributed by atoms with van der Waals surface area (Å²) in [6.07, 6.45) is 2.07. The average Bonchev–Trinajstić information content (AvgIpc) is 3.23. The van der Waals surface area contributed by atoms with Gasteiger partial charge in [-0.15, -0.1) is 0 Å². The van der Waals surface area contributed by atoms with Gasteiger partial charge in [-0.25, -0.2) is 4.39 Å². The van der Waals surface area contributed by atoms with E-state index in [0.29, 0.717) is 24.5 Å². The van der Waals surface area contributed by atoms with E-state index in [-0.39, 0.29) is 17.5 Å². The second kappa shape index (κ2) is 7.99. The van der Waals surface area contributed by atoms with Gasteiger partial charge in [-0.3, -0.25) is 9.48 Å². The molecule has 0 aliphatic heterocycles. The number of nitrogens with zero attached hydrogens (tertiary/aromatic N) is 5. The monoisotopic (exact) mass is 386 g/mol. The van der Waals surface area contributed by atoms with Gasteiger partial charge in [0.05, 0.1) is 23.4 Å². The van der Waals surface area contributed by atoms with E-state index >= 15 is 0 Å². The van der Waals surface area contributed by atoms with E-state index in [1.165, 1.54) is 22.9 Å². The van der Waals surface area contributed by atoms with Crippen LogP contribution in [0.25, 0.3) is 0 Å². The largest absolute Gasteiger partial charge is 0.390 e. The van der Waals surface area contributed by atoms with Gasteiger partial charge in [0.15, 0.2) is 11.9 Å². The SMILES string of the molecule is CCC(C(=O)Nc1ccn(Cc2cccc(F)c2)n1)n1nc([N+](=O)[O-])cc1C. The Morgan fingerprint density at radius 2 is 2.11 bits per heavy atom. The van der Waals surface area contributed by atoms with Crippen molar-refractivity contribution >= 4 is 17.5 Å². The van der Waals surface area contributed by atoms with Crippen LogP contribution < -0.4 is 5.32 Å². The minimum absolute atomic E-state index is 0.303. The van der Waals surface area contributed by atoms with Crippen molar-refractivity contribution < 1.29 is 14.1 Å². The highest BCUT2D eigenvalue weighted by Crippen LogP contribution is 2.20. The van der Waals surface area contributed by atoms with E-state index in [1.54, 1.807) is 42.9 Å². The van der Waals surface area contributed by atoms with Gasteiger partial charge >= 0.3 is 5.82 Å². The number of nitro groups is 1. The van der Waals surface area contributed by atoms with Crippen LogP contribution >= 0.6 is 0 Å². The van der Waals surface area contributed by atoms with Crippen LogP contribution in [0.3, 0.4) is 0 Å². The average molecular weight is 386 g/mol. The standard InChI is InChI=1S/C18H19FN6O3/c1-3-15(24-12(2)9-17(22-24)25(27)28)18(26)20-16-7-8-23(21-16)11-13-5-4-6-14(19)10-13/h4-10,15H,3,11H2,1-2H3,(H,20,21,26). The number of anilines is 1. The van der Waals surface area contributed by atoms with Crippen LogP contribution in [0.4, 0.5) is 16.0 Å². The van der Waals surface area contributed by atoms with Crippen LogP contribution in [0.1, 0.15) is 30.6 Å². The number of amides is 1. The number of hydrogen-bond acceptors (Lipinski definition) is 5. The fourth-order valence-corrected chi connectivity index (χ4v) is 2.89. The maximum atomic E-state index is 13.3. The lowest BCUT2D eigenvalue weighted by Gasteiger charge is -2.13. The first-order valence-corrected chi connectivity index (χ1v) is 8.66. The fourth-order valence-electron chi connectivity index (χ4n) is 2.89. The van der Waals surface area contributed by atoms with Gasteiger partial charge in [-0.05, 0) is 36.0 Å². The molecule has 0 spiro atoms. The third-order valence-corrected chi connectivity index (χ3v) is 4.21. The quantitative estimate of drug-likeness (QED) is 0.496. The lowest BCUT2D eigenvalue weighted by Crippen LogP contribution is -2.27. The molecule has 1 amide bonds. The summed E-state index contributed by atoms with van der Waals surface area (Å²) in [5.41, 5.74) is 1.26. The maximum absolute atomic E-state index is 13.3. The summed E-state index contributed by atoms with van der Waals surface area (Å²) in [6, 6.07) is 8.43. The molecule has 9 nitrogen and oxygen atoms in total. The van der Waals surface area contributed by atoms with Gasteiger partial charge in [-0.2, -0.15) is 9.78 Å². The summed E-state index contributed by atoms with van der Waals surface area (Å²) >= 11 is 0. The van der Waals surface area contributed by atoms with E-state index in [4.69, 9.17) is 0 Å². The Kier molecular flexibility index (Phi) is 5.48. The van der Waals surface area contributed by atoms with Gasteiger partial charge in [0, 0.05) is 12.3 Å². The molecule has 1 N–H and O–H groups in total. The molecule has 146 valence electrons. The Bertz CT molecular complexity index is 1010. The summed E-state index contributed by atoms with van der Waals surface area (Å²) in [6.45, 7) is 3.80. The molecule has 0 bridgehead atoms. The highest BCUT2D eigenvalue weighted by Gasteiger charge is 2.27. The Labute approximate surface area is 159 Å². The number of rotatable bonds is 7. The van der Waals surface area contributed by atoms with Crippen molar-refractivity contribution in [3.05, 3.63) is 69.8 Å². The molecule has 28 heavy (non-hydrogen) atoms. The molecule has 0 fully saturated rings. The molecular formula is C18H19FN6O3. The van der Waals surface area contributed by atoms with Crippen molar-refractivity contribution in [1.82, 2.24) is 19.6 Å². The van der Waals surface area contributed by atoms with Crippen molar-refractivity contribution in [2.24, 2.45) is 0 Å². The van der Waals surface area contributed by atoms with Crippen molar-refractivity contribution in [3.63, 3.8) is 0 Å². The van der Waals surface area contributed by atoms with E-state index in [0.717, 1.165) is 5.56 Å². The van der Waals surface area contributed by atoms with Crippen LogP contribution in [0.2, 0.25) is 0 Å². The van der Waals surface area contributed by atoms with Crippen molar-refractivity contribution in [3.8, 4) is 0 Å². The molecule has 0 radical (unpaired) electrons. The molecule has 3 aromatic rings. The molecule has 1 aromatic carbocycles. The Morgan fingerprint density at radius 1 is 1.32 bits per heavy atom. The first-order valence-electron chi connectivity index (χ1n) is 8.66. The van der Waals surface area contributed by atoms with Gasteiger partial charge in [0.1, 0.15) is 5.82 Å². The number of benzene rings is 1. The number of aryl methyl sites for hydroxylation is 1. The number of carbonyl (C=O) groups is 1. The predicted molar refractivity (Wildman–Crippen MR) is 99.3 cm³/mol. The summed E-state index contributed by atoms with van der Waals surface area (Å²) in [4.78, 5) is 23.0. The summed E-state index contributed by atoms with van der Waals surface area (Å²) in [7, 11) is 0. The molecular weight excluding hydrogens is 367 g/mol. The summed E-state index contributed by atoms with van der Waals surface area (Å²) in [5.74, 6) is -0.672. The highest BCUT2D eigenvalue weighted by molar-refractivity contribution is 5.92. The van der Waals surface area contributed by atoms with Crippen molar-refractivity contribution in [1.29, 1.82) is 0 Å². The van der Waals surface area contributed by atoms with Gasteiger partial charge in [0.25, 0.3) is 5.91 Å². The maximum Gasteiger partial charge on any atom is 0.390 e. The van der Waals surface area contributed by atoms with Crippen LogP contribution in [0.5, 0.6) is 0 Å². The molecule has 1 unspecified atom stereocenters. The Hall–Kier alpha value is -3.56. The number of halogens is 1. The second-order valence-electron chi connectivity index (χ2n) is 6.29. The van der Waals surface area contributed by atoms with E-state index < -0.39 is 11.0 Å². The zero-order chi connectivity index (χ0) is 20.3. The minimum atomic E-state index is -0.706. The Morgan fingerprint density at radius 3 is 2.75 bits per heavy atom. The molecule has 10 heteroatoms. The smallest absolute Gasteiger partial charge is 0.358 e. The number of hydrogen-bond donors (Lipinski definition) is 1. The molecule has 0 saturated carbocycles. The lowest BCUT2D eigenvalue weighted by molar-refractivity contribution is -0.389. The van der Waals surface area contributed by atoms with Gasteiger partial charge < -0.3 is 15.4 Å². The Balaban J connectivity index is 1.71. The summed E-state index contributed by atoms with van der Waals surface area (Å²) < 4.78 is 16.2. The summed E-state index contributed by atoms with van der Waals surface area (Å²) in [5, 5.41) is 21.8. The molecule has 3 rings (SSSR count). The van der Waals surface area contributed by atoms with Crippen molar-refractivity contribution in [2.45, 2.75) is 32.9 Å². The molecule has 0 aliphatic carbocycles. The van der Waals surface area contributed by atoms with Crippen LogP contribution in [0, 0.1) is 22.9 Å². The predicted octanol–water partition coefficient (Wildman–Crippen LogP) is 3.07. The molecule has 1 atom stereocenters. The zero-order valence-electron chi connectivity index (χ0n) is 15.4. The van der Waals surface area contributed by atoms with E-state index in [2.05, 4.69) is 15.5 Å². The number of nitrogens with one attached hydrogen (secondary N) is 1. The highest BCUT2D eigenvalue weighted by atomic mass is 19.1. The van der Waals surface area contributed by atoms with Crippen LogP contribution in [0.15, 0.2) is 42.6 Å². The molecule has 2 aromatic heterocycles. The van der Waals surface area contributed by atoms with Gasteiger partial charge in [0.2, 0.25) is 0 Å². The first kappa shape index (κ1) is 19.2. The van der Waals surface area contributed by atoms with Crippen LogP contribution in [-0.4, -0.2) is 30.4 Å². The third-order valence-electron chi connectivity index (χ3n) is 4.21.